The maximum atomic E-state index is 13.0. The molecule has 0 N–H and O–H groups in total. The fourth-order valence-electron chi connectivity index (χ4n) is 3.08. The Morgan fingerprint density at radius 1 is 1.09 bits per heavy atom. The first-order valence-electron chi connectivity index (χ1n) is 7.66. The highest BCUT2D eigenvalue weighted by atomic mass is 35.5. The summed E-state index contributed by atoms with van der Waals surface area (Å²) in [5.74, 6) is -0.163. The lowest BCUT2D eigenvalue weighted by atomic mass is 10.1. The second-order valence-electron chi connectivity index (χ2n) is 5.90. The van der Waals surface area contributed by atoms with E-state index in [-0.39, 0.29) is 17.6 Å². The van der Waals surface area contributed by atoms with Crippen LogP contribution in [0.3, 0.4) is 0 Å². The van der Waals surface area contributed by atoms with Crippen molar-refractivity contribution >= 4 is 29.1 Å². The van der Waals surface area contributed by atoms with Gasteiger partial charge in [0.25, 0.3) is 5.91 Å². The van der Waals surface area contributed by atoms with Gasteiger partial charge in [-0.05, 0) is 12.8 Å². The Balaban J connectivity index is 1.97. The Kier molecular flexibility index (Phi) is 4.64. The summed E-state index contributed by atoms with van der Waals surface area (Å²) < 4.78 is 3.23. The molecule has 2 aromatic heterocycles. The van der Waals surface area contributed by atoms with E-state index in [1.165, 1.54) is 0 Å². The first-order chi connectivity index (χ1) is 11.0. The molecule has 0 bridgehead atoms. The Hall–Kier alpha value is -1.53. The van der Waals surface area contributed by atoms with Crippen molar-refractivity contribution in [1.29, 1.82) is 0 Å². The second-order valence-corrected chi connectivity index (χ2v) is 6.71. The third kappa shape index (κ3) is 3.23. The monoisotopic (exact) mass is 355 g/mol. The van der Waals surface area contributed by atoms with Gasteiger partial charge in [0.05, 0.1) is 16.1 Å². The first-order valence-corrected chi connectivity index (χ1v) is 8.42. The molecule has 23 heavy (non-hydrogen) atoms. The van der Waals surface area contributed by atoms with Gasteiger partial charge in [0.2, 0.25) is 0 Å². The number of hydrogen-bond donors (Lipinski definition) is 0. The van der Waals surface area contributed by atoms with E-state index < -0.39 is 0 Å². The van der Waals surface area contributed by atoms with Gasteiger partial charge in [0.1, 0.15) is 5.69 Å². The molecule has 1 fully saturated rings. The van der Waals surface area contributed by atoms with Crippen LogP contribution in [0.5, 0.6) is 0 Å². The highest BCUT2D eigenvalue weighted by Crippen LogP contribution is 2.34. The molecule has 1 atom stereocenters. The summed E-state index contributed by atoms with van der Waals surface area (Å²) >= 11 is 12.5. The van der Waals surface area contributed by atoms with Crippen LogP contribution >= 0.6 is 23.2 Å². The third-order valence-corrected chi connectivity index (χ3v) is 4.69. The van der Waals surface area contributed by atoms with E-state index in [2.05, 4.69) is 10.2 Å². The number of rotatable bonds is 2. The Bertz CT molecular complexity index is 724. The van der Waals surface area contributed by atoms with Gasteiger partial charge in [-0.1, -0.05) is 36.0 Å². The average Bonchev–Trinajstić information content (AvgIpc) is 2.90. The van der Waals surface area contributed by atoms with Gasteiger partial charge in [-0.25, -0.2) is 0 Å². The molecule has 124 valence electrons. The molecule has 0 aromatic carbocycles. The Labute approximate surface area is 145 Å². The fraction of sp³-hybridized carbons (Fsp3) is 0.533. The predicted octanol–water partition coefficient (Wildman–Crippen LogP) is 3.22. The Morgan fingerprint density at radius 2 is 1.78 bits per heavy atom. The molecule has 3 heterocycles. The zero-order valence-electron chi connectivity index (χ0n) is 13.2. The van der Waals surface area contributed by atoms with Crippen LogP contribution in [-0.4, -0.2) is 36.9 Å². The molecule has 6 nitrogen and oxygen atoms in total. The molecule has 1 saturated heterocycles. The third-order valence-electron chi connectivity index (χ3n) is 4.13. The standard InChI is InChI=1S/C15H19Cl2N5O/c1-20-8-10(16)13(18-20)12-6-4-3-5-7-22(12)15(23)14-11(17)9-21(2)19-14/h8-9,12H,3-7H2,1-2H3. The first kappa shape index (κ1) is 16.3. The van der Waals surface area contributed by atoms with Crippen molar-refractivity contribution in [2.75, 3.05) is 6.54 Å². The minimum atomic E-state index is -0.163. The molecule has 1 amide bonds. The summed E-state index contributed by atoms with van der Waals surface area (Å²) in [7, 11) is 3.58. The number of amides is 1. The van der Waals surface area contributed by atoms with Crippen LogP contribution in [0.1, 0.15) is 47.9 Å². The summed E-state index contributed by atoms with van der Waals surface area (Å²) in [6.45, 7) is 0.656. The molecule has 1 aliphatic heterocycles. The summed E-state index contributed by atoms with van der Waals surface area (Å²) in [6, 6.07) is -0.142. The van der Waals surface area contributed by atoms with Crippen LogP contribution in [0.4, 0.5) is 0 Å². The number of carbonyl (C=O) groups excluding carboxylic acids is 1. The van der Waals surface area contributed by atoms with Crippen LogP contribution in [0, 0.1) is 0 Å². The summed E-state index contributed by atoms with van der Waals surface area (Å²) in [6.07, 6.45) is 7.32. The molecule has 1 aliphatic rings. The number of aromatic nitrogens is 4. The van der Waals surface area contributed by atoms with E-state index >= 15 is 0 Å². The summed E-state index contributed by atoms with van der Waals surface area (Å²) in [5, 5.41) is 9.62. The number of likely N-dealkylation sites (tertiary alicyclic amines) is 1. The highest BCUT2D eigenvalue weighted by Gasteiger charge is 2.32. The maximum Gasteiger partial charge on any atom is 0.276 e. The molecule has 3 rings (SSSR count). The van der Waals surface area contributed by atoms with Gasteiger partial charge in [0, 0.05) is 33.0 Å². The van der Waals surface area contributed by atoms with Gasteiger partial charge in [-0.2, -0.15) is 10.2 Å². The van der Waals surface area contributed by atoms with Crippen molar-refractivity contribution in [3.63, 3.8) is 0 Å². The lowest BCUT2D eigenvalue weighted by Gasteiger charge is -2.28. The number of hydrogen-bond acceptors (Lipinski definition) is 3. The number of aryl methyl sites for hydroxylation is 2. The van der Waals surface area contributed by atoms with Crippen molar-refractivity contribution < 1.29 is 4.79 Å². The van der Waals surface area contributed by atoms with Crippen LogP contribution in [0.25, 0.3) is 0 Å². The normalized spacial score (nSPS) is 19.0. The van der Waals surface area contributed by atoms with Crippen molar-refractivity contribution in [1.82, 2.24) is 24.5 Å². The predicted molar refractivity (Wildman–Crippen MR) is 88.7 cm³/mol. The molecule has 0 spiro atoms. The van der Waals surface area contributed by atoms with Crippen LogP contribution in [-0.2, 0) is 14.1 Å². The Morgan fingerprint density at radius 3 is 2.39 bits per heavy atom. The highest BCUT2D eigenvalue weighted by molar-refractivity contribution is 6.33. The SMILES string of the molecule is Cn1cc(Cl)c(C(=O)N2CCCCCC2c2nn(C)cc2Cl)n1. The van der Waals surface area contributed by atoms with Crippen LogP contribution in [0.2, 0.25) is 10.0 Å². The molecule has 0 radical (unpaired) electrons. The van der Waals surface area contributed by atoms with E-state index in [0.29, 0.717) is 16.6 Å². The molecular weight excluding hydrogens is 337 g/mol. The average molecular weight is 356 g/mol. The van der Waals surface area contributed by atoms with Crippen molar-refractivity contribution in [2.45, 2.75) is 31.7 Å². The van der Waals surface area contributed by atoms with E-state index in [0.717, 1.165) is 31.4 Å². The van der Waals surface area contributed by atoms with E-state index in [1.807, 2.05) is 11.9 Å². The van der Waals surface area contributed by atoms with Gasteiger partial charge in [-0.15, -0.1) is 0 Å². The number of carbonyl (C=O) groups is 1. The summed E-state index contributed by atoms with van der Waals surface area (Å²) in [5.41, 5.74) is 1.03. The largest absolute Gasteiger partial charge is 0.328 e. The number of nitrogens with zero attached hydrogens (tertiary/aromatic N) is 5. The summed E-state index contributed by atoms with van der Waals surface area (Å²) in [4.78, 5) is 14.8. The molecule has 8 heteroatoms. The minimum absolute atomic E-state index is 0.142. The lowest BCUT2D eigenvalue weighted by molar-refractivity contribution is 0.0670. The van der Waals surface area contributed by atoms with Crippen molar-refractivity contribution in [3.05, 3.63) is 33.8 Å². The molecule has 0 aliphatic carbocycles. The molecule has 0 saturated carbocycles. The van der Waals surface area contributed by atoms with E-state index in [1.54, 1.807) is 28.8 Å². The second kappa shape index (κ2) is 6.53. The molecule has 1 unspecified atom stereocenters. The van der Waals surface area contributed by atoms with Gasteiger partial charge in [0.15, 0.2) is 5.69 Å². The van der Waals surface area contributed by atoms with Gasteiger partial charge < -0.3 is 4.90 Å². The van der Waals surface area contributed by atoms with Gasteiger partial charge in [-0.3, -0.25) is 14.2 Å². The number of halogens is 2. The van der Waals surface area contributed by atoms with E-state index in [4.69, 9.17) is 23.2 Å². The van der Waals surface area contributed by atoms with Crippen LogP contribution in [0.15, 0.2) is 12.4 Å². The zero-order chi connectivity index (χ0) is 16.6. The van der Waals surface area contributed by atoms with Crippen molar-refractivity contribution in [2.24, 2.45) is 14.1 Å². The van der Waals surface area contributed by atoms with Crippen LogP contribution < -0.4 is 0 Å². The molecular formula is C15H19Cl2N5O. The smallest absolute Gasteiger partial charge is 0.276 e. The minimum Gasteiger partial charge on any atom is -0.328 e. The maximum absolute atomic E-state index is 13.0. The van der Waals surface area contributed by atoms with Crippen molar-refractivity contribution in [3.8, 4) is 0 Å². The zero-order valence-corrected chi connectivity index (χ0v) is 14.7. The molecule has 2 aromatic rings. The fourth-order valence-corrected chi connectivity index (χ4v) is 3.64. The topological polar surface area (TPSA) is 56.0 Å². The lowest BCUT2D eigenvalue weighted by Crippen LogP contribution is -2.35. The van der Waals surface area contributed by atoms with Gasteiger partial charge >= 0.3 is 0 Å². The quantitative estimate of drug-likeness (QED) is 0.830. The van der Waals surface area contributed by atoms with E-state index in [9.17, 15) is 4.79 Å².